The Morgan fingerprint density at radius 3 is 2.75 bits per heavy atom. The van der Waals surface area contributed by atoms with Crippen molar-refractivity contribution in [2.45, 2.75) is 47.6 Å². The van der Waals surface area contributed by atoms with Gasteiger partial charge in [0.15, 0.2) is 11.6 Å². The molecule has 0 radical (unpaired) electrons. The standard InChI is InChI=1S/C19H22FN5O2.CH4/c1-10-5-13(20)18(24-14(6-15(26)27)19(2,3)4)25-16(10)11-8-22-17-12(11)7-21-9-23-17;/h5,7-9,14H,6H2,1-4H3,(H,24,25)(H,26,27)(H,21,22,23);1H4. The SMILES string of the molecule is C.Cc1cc(F)c(NC(CC(=O)O)C(C)(C)C)nc1-c1c[nH]c2ncncc12. The van der Waals surface area contributed by atoms with Crippen molar-refractivity contribution in [3.63, 3.8) is 0 Å². The first-order valence-corrected chi connectivity index (χ1v) is 8.59. The number of carboxylic acid groups (broad SMARTS) is 1. The van der Waals surface area contributed by atoms with E-state index in [0.29, 0.717) is 16.9 Å². The van der Waals surface area contributed by atoms with Crippen LogP contribution in [0.4, 0.5) is 10.2 Å². The zero-order valence-corrected chi connectivity index (χ0v) is 15.7. The number of aliphatic carboxylic acids is 1. The third-order valence-corrected chi connectivity index (χ3v) is 4.51. The highest BCUT2D eigenvalue weighted by Gasteiger charge is 2.28. The summed E-state index contributed by atoms with van der Waals surface area (Å²) in [6.45, 7) is 7.48. The summed E-state index contributed by atoms with van der Waals surface area (Å²) in [5.41, 5.74) is 2.28. The van der Waals surface area contributed by atoms with Crippen LogP contribution < -0.4 is 5.32 Å². The number of fused-ring (bicyclic) bond motifs is 1. The number of pyridine rings is 1. The molecule has 3 aromatic heterocycles. The third kappa shape index (κ3) is 4.27. The molecule has 150 valence electrons. The van der Waals surface area contributed by atoms with Crippen molar-refractivity contribution >= 4 is 22.8 Å². The highest BCUT2D eigenvalue weighted by Crippen LogP contribution is 2.32. The minimum Gasteiger partial charge on any atom is -0.481 e. The van der Waals surface area contributed by atoms with Gasteiger partial charge in [0.25, 0.3) is 0 Å². The van der Waals surface area contributed by atoms with Gasteiger partial charge >= 0.3 is 5.97 Å². The van der Waals surface area contributed by atoms with E-state index >= 15 is 0 Å². The largest absolute Gasteiger partial charge is 0.481 e. The molecule has 7 nitrogen and oxygen atoms in total. The van der Waals surface area contributed by atoms with Crippen LogP contribution in [0.15, 0.2) is 24.8 Å². The minimum absolute atomic E-state index is 0. The number of halogens is 1. The van der Waals surface area contributed by atoms with Crippen LogP contribution in [0.3, 0.4) is 0 Å². The topological polar surface area (TPSA) is 104 Å². The van der Waals surface area contributed by atoms with Crippen molar-refractivity contribution in [1.29, 1.82) is 0 Å². The second-order valence-corrected chi connectivity index (χ2v) is 7.63. The van der Waals surface area contributed by atoms with Crippen molar-refractivity contribution in [2.24, 2.45) is 5.41 Å². The van der Waals surface area contributed by atoms with Crippen LogP contribution in [0.1, 0.15) is 40.2 Å². The fourth-order valence-corrected chi connectivity index (χ4v) is 2.92. The average Bonchev–Trinajstić information content (AvgIpc) is 2.99. The van der Waals surface area contributed by atoms with E-state index in [0.717, 1.165) is 10.9 Å². The van der Waals surface area contributed by atoms with E-state index in [2.05, 4.69) is 25.3 Å². The van der Waals surface area contributed by atoms with Crippen LogP contribution >= 0.6 is 0 Å². The van der Waals surface area contributed by atoms with E-state index < -0.39 is 23.2 Å². The van der Waals surface area contributed by atoms with Crippen LogP contribution in [0.2, 0.25) is 0 Å². The number of hydrogen-bond acceptors (Lipinski definition) is 5. The Kier molecular flexibility index (Phi) is 6.01. The Morgan fingerprint density at radius 2 is 2.11 bits per heavy atom. The van der Waals surface area contributed by atoms with E-state index in [4.69, 9.17) is 0 Å². The number of anilines is 1. The van der Waals surface area contributed by atoms with Gasteiger partial charge < -0.3 is 15.4 Å². The van der Waals surface area contributed by atoms with E-state index in [1.165, 1.54) is 12.4 Å². The number of aromatic amines is 1. The Labute approximate surface area is 163 Å². The quantitative estimate of drug-likeness (QED) is 0.599. The molecule has 3 rings (SSSR count). The molecule has 3 aromatic rings. The zero-order chi connectivity index (χ0) is 19.8. The van der Waals surface area contributed by atoms with E-state index in [1.54, 1.807) is 19.3 Å². The van der Waals surface area contributed by atoms with Gasteiger partial charge in [0.1, 0.15) is 12.0 Å². The molecular weight excluding hydrogens is 361 g/mol. The van der Waals surface area contributed by atoms with Crippen molar-refractivity contribution < 1.29 is 14.3 Å². The van der Waals surface area contributed by atoms with Gasteiger partial charge in [-0.2, -0.15) is 0 Å². The molecule has 28 heavy (non-hydrogen) atoms. The van der Waals surface area contributed by atoms with Gasteiger partial charge in [0, 0.05) is 29.4 Å². The summed E-state index contributed by atoms with van der Waals surface area (Å²) in [7, 11) is 0. The van der Waals surface area contributed by atoms with Crippen molar-refractivity contribution in [1.82, 2.24) is 19.9 Å². The number of hydrogen-bond donors (Lipinski definition) is 3. The summed E-state index contributed by atoms with van der Waals surface area (Å²) in [4.78, 5) is 26.9. The number of nitrogens with zero attached hydrogens (tertiary/aromatic N) is 3. The first kappa shape index (κ1) is 21.3. The Morgan fingerprint density at radius 1 is 1.39 bits per heavy atom. The Hall–Kier alpha value is -3.03. The molecule has 0 bridgehead atoms. The number of nitrogens with one attached hydrogen (secondary N) is 2. The summed E-state index contributed by atoms with van der Waals surface area (Å²) in [5.74, 6) is -1.45. The lowest BCUT2D eigenvalue weighted by Gasteiger charge is -2.31. The van der Waals surface area contributed by atoms with E-state index in [-0.39, 0.29) is 19.7 Å². The lowest BCUT2D eigenvalue weighted by Crippen LogP contribution is -2.36. The monoisotopic (exact) mass is 387 g/mol. The van der Waals surface area contributed by atoms with Crippen LogP contribution in [-0.4, -0.2) is 37.1 Å². The second kappa shape index (κ2) is 7.92. The number of carbonyl (C=O) groups is 1. The fourth-order valence-electron chi connectivity index (χ4n) is 2.92. The van der Waals surface area contributed by atoms with Gasteiger partial charge in [-0.1, -0.05) is 28.2 Å². The number of H-pyrrole nitrogens is 1. The van der Waals surface area contributed by atoms with Gasteiger partial charge in [0.2, 0.25) is 0 Å². The van der Waals surface area contributed by atoms with Crippen molar-refractivity contribution in [2.75, 3.05) is 5.32 Å². The van der Waals surface area contributed by atoms with Crippen LogP contribution in [0.25, 0.3) is 22.3 Å². The summed E-state index contributed by atoms with van der Waals surface area (Å²) in [6, 6.07) is 0.909. The summed E-state index contributed by atoms with van der Waals surface area (Å²) >= 11 is 0. The minimum atomic E-state index is -0.955. The lowest BCUT2D eigenvalue weighted by atomic mass is 9.84. The first-order valence-electron chi connectivity index (χ1n) is 8.59. The molecule has 0 spiro atoms. The average molecular weight is 387 g/mol. The Bertz CT molecular complexity index is 994. The van der Waals surface area contributed by atoms with Gasteiger partial charge in [-0.3, -0.25) is 4.79 Å². The maximum atomic E-state index is 14.6. The molecule has 0 saturated carbocycles. The summed E-state index contributed by atoms with van der Waals surface area (Å²) in [5, 5.41) is 13.0. The third-order valence-electron chi connectivity index (χ3n) is 4.51. The molecule has 3 N–H and O–H groups in total. The highest BCUT2D eigenvalue weighted by molar-refractivity contribution is 5.92. The molecule has 0 amide bonds. The van der Waals surface area contributed by atoms with Gasteiger partial charge in [-0.15, -0.1) is 0 Å². The molecular formula is C20H26FN5O2. The van der Waals surface area contributed by atoms with Gasteiger partial charge in [-0.05, 0) is 24.0 Å². The smallest absolute Gasteiger partial charge is 0.305 e. The first-order chi connectivity index (χ1) is 12.7. The number of rotatable bonds is 5. The van der Waals surface area contributed by atoms with Crippen LogP contribution in [0.5, 0.6) is 0 Å². The zero-order valence-electron chi connectivity index (χ0n) is 15.7. The molecule has 0 aromatic carbocycles. The molecule has 1 unspecified atom stereocenters. The lowest BCUT2D eigenvalue weighted by molar-refractivity contribution is -0.137. The number of aryl methyl sites for hydroxylation is 1. The fraction of sp³-hybridized carbons (Fsp3) is 0.400. The Balaban J connectivity index is 0.00000280. The maximum absolute atomic E-state index is 14.6. The van der Waals surface area contributed by atoms with Crippen LogP contribution in [0, 0.1) is 18.2 Å². The maximum Gasteiger partial charge on any atom is 0.305 e. The number of aromatic nitrogens is 4. The normalized spacial score (nSPS) is 12.5. The number of carboxylic acids is 1. The molecule has 0 aliphatic heterocycles. The van der Waals surface area contributed by atoms with E-state index in [9.17, 15) is 14.3 Å². The molecule has 0 saturated heterocycles. The predicted molar refractivity (Wildman–Crippen MR) is 108 cm³/mol. The van der Waals surface area contributed by atoms with Crippen molar-refractivity contribution in [3.05, 3.63) is 36.2 Å². The molecule has 0 aliphatic carbocycles. The van der Waals surface area contributed by atoms with Crippen molar-refractivity contribution in [3.8, 4) is 11.3 Å². The molecule has 0 aliphatic rings. The predicted octanol–water partition coefficient (Wildman–Crippen LogP) is 4.40. The van der Waals surface area contributed by atoms with Gasteiger partial charge in [0.05, 0.1) is 12.1 Å². The van der Waals surface area contributed by atoms with E-state index in [1.807, 2.05) is 20.8 Å². The highest BCUT2D eigenvalue weighted by atomic mass is 19.1. The molecule has 3 heterocycles. The molecule has 8 heteroatoms. The summed E-state index contributed by atoms with van der Waals surface area (Å²) < 4.78 is 14.6. The van der Waals surface area contributed by atoms with Crippen LogP contribution in [-0.2, 0) is 4.79 Å². The second-order valence-electron chi connectivity index (χ2n) is 7.63. The molecule has 0 fully saturated rings. The summed E-state index contributed by atoms with van der Waals surface area (Å²) in [6.07, 6.45) is 4.73. The molecule has 1 atom stereocenters. The van der Waals surface area contributed by atoms with Gasteiger partial charge in [-0.25, -0.2) is 19.3 Å².